The molecule has 5 heteroatoms. The fourth-order valence-electron chi connectivity index (χ4n) is 0.211. The van der Waals surface area contributed by atoms with Gasteiger partial charge in [0.15, 0.2) is 0 Å². The van der Waals surface area contributed by atoms with Gasteiger partial charge in [0.1, 0.15) is 0 Å². The zero-order chi connectivity index (χ0) is 8.69. The number of hydrogen-bond acceptors (Lipinski definition) is 5. The molecule has 0 aliphatic rings. The number of hydrogen-bond donors (Lipinski definition) is 0. The molecule has 0 heterocycles. The summed E-state index contributed by atoms with van der Waals surface area (Å²) in [5.41, 5.74) is 0. The van der Waals surface area contributed by atoms with Gasteiger partial charge in [0.05, 0.1) is 0 Å². The van der Waals surface area contributed by atoms with Crippen LogP contribution in [0.15, 0.2) is 0 Å². The first-order valence-corrected chi connectivity index (χ1v) is 3.27. The zero-order valence-electron chi connectivity index (χ0n) is 6.46. The highest BCUT2D eigenvalue weighted by molar-refractivity contribution is 5.69. The molecule has 0 aliphatic heterocycles. The molecule has 5 nitrogen and oxygen atoms in total. The molecule has 0 aromatic rings. The summed E-state index contributed by atoms with van der Waals surface area (Å²) in [6.45, 7) is 3.18. The quantitative estimate of drug-likeness (QED) is 0.450. The van der Waals surface area contributed by atoms with Crippen molar-refractivity contribution < 1.29 is 24.4 Å². The molecule has 0 aliphatic carbocycles. The lowest BCUT2D eigenvalue weighted by Gasteiger charge is -1.98. The predicted octanol–water partition coefficient (Wildman–Crippen LogP) is 0.739. The van der Waals surface area contributed by atoms with Gasteiger partial charge in [-0.05, 0) is 0 Å². The third-order valence-corrected chi connectivity index (χ3v) is 0.831. The van der Waals surface area contributed by atoms with Gasteiger partial charge in [-0.1, -0.05) is 13.8 Å². The van der Waals surface area contributed by atoms with Gasteiger partial charge in [0.2, 0.25) is 0 Å². The van der Waals surface area contributed by atoms with Gasteiger partial charge < -0.3 is 0 Å². The second-order valence-electron chi connectivity index (χ2n) is 1.69. The smallest absolute Gasteiger partial charge is 0.260 e. The Balaban J connectivity index is 3.27. The maximum atomic E-state index is 10.3. The third-order valence-electron chi connectivity index (χ3n) is 0.831. The van der Waals surface area contributed by atoms with E-state index in [-0.39, 0.29) is 12.8 Å². The van der Waals surface area contributed by atoms with Crippen LogP contribution < -0.4 is 0 Å². The summed E-state index contributed by atoms with van der Waals surface area (Å²) in [6.07, 6.45) is 0.341. The third kappa shape index (κ3) is 5.35. The van der Waals surface area contributed by atoms with Crippen LogP contribution >= 0.6 is 0 Å². The molecular weight excluding hydrogens is 152 g/mol. The van der Waals surface area contributed by atoms with Crippen molar-refractivity contribution >= 4 is 11.9 Å². The normalized spacial score (nSPS) is 8.91. The molecule has 11 heavy (non-hydrogen) atoms. The minimum Gasteiger partial charge on any atom is -0.260 e. The minimum atomic E-state index is -0.589. The van der Waals surface area contributed by atoms with Crippen molar-refractivity contribution in [1.29, 1.82) is 0 Å². The van der Waals surface area contributed by atoms with E-state index in [9.17, 15) is 9.59 Å². The van der Waals surface area contributed by atoms with Crippen LogP contribution in [0, 0.1) is 0 Å². The van der Waals surface area contributed by atoms with Crippen LogP contribution in [0.2, 0.25) is 0 Å². The summed E-state index contributed by atoms with van der Waals surface area (Å²) in [5, 5.41) is 3.84. The molecule has 0 saturated heterocycles. The fraction of sp³-hybridized carbons (Fsp3) is 0.667. The van der Waals surface area contributed by atoms with Crippen LogP contribution in [0.1, 0.15) is 26.7 Å². The molecule has 0 aromatic carbocycles. The van der Waals surface area contributed by atoms with Gasteiger partial charge in [-0.2, -0.15) is 0 Å². The number of carbonyl (C=O) groups excluding carboxylic acids is 2. The second kappa shape index (κ2) is 5.67. The van der Waals surface area contributed by atoms with E-state index in [1.807, 2.05) is 0 Å². The molecular formula is C6H10O5. The fourth-order valence-corrected chi connectivity index (χ4v) is 0.211. The van der Waals surface area contributed by atoms with Crippen molar-refractivity contribution in [3.63, 3.8) is 0 Å². The van der Waals surface area contributed by atoms with Crippen molar-refractivity contribution in [3.05, 3.63) is 0 Å². The molecule has 0 unspecified atom stereocenters. The average molecular weight is 162 g/mol. The predicted molar refractivity (Wildman–Crippen MR) is 33.9 cm³/mol. The monoisotopic (exact) mass is 162 g/mol. The first-order valence-electron chi connectivity index (χ1n) is 3.27. The Bertz CT molecular complexity index is 126. The lowest BCUT2D eigenvalue weighted by atomic mass is 10.5. The zero-order valence-corrected chi connectivity index (χ0v) is 6.46. The largest absolute Gasteiger partial charge is 0.346 e. The summed E-state index contributed by atoms with van der Waals surface area (Å²) in [5.74, 6) is -1.18. The van der Waals surface area contributed by atoms with E-state index in [1.54, 1.807) is 13.8 Å². The van der Waals surface area contributed by atoms with E-state index >= 15 is 0 Å². The molecule has 0 fully saturated rings. The molecule has 0 spiro atoms. The van der Waals surface area contributed by atoms with Gasteiger partial charge in [0.25, 0.3) is 0 Å². The molecule has 0 atom stereocenters. The molecule has 0 bridgehead atoms. The molecule has 0 saturated carbocycles. The summed E-state index contributed by atoms with van der Waals surface area (Å²) in [6, 6.07) is 0. The molecule has 0 aromatic heterocycles. The van der Waals surface area contributed by atoms with E-state index in [2.05, 4.69) is 14.8 Å². The van der Waals surface area contributed by atoms with Crippen LogP contribution in [-0.4, -0.2) is 11.9 Å². The van der Waals surface area contributed by atoms with E-state index < -0.39 is 11.9 Å². The van der Waals surface area contributed by atoms with Crippen molar-refractivity contribution in [2.24, 2.45) is 0 Å². The van der Waals surface area contributed by atoms with Gasteiger partial charge in [-0.15, -0.1) is 0 Å². The van der Waals surface area contributed by atoms with Gasteiger partial charge in [-0.3, -0.25) is 9.78 Å². The Kier molecular flexibility index (Phi) is 5.10. The second-order valence-corrected chi connectivity index (χ2v) is 1.69. The van der Waals surface area contributed by atoms with Crippen molar-refractivity contribution in [2.75, 3.05) is 0 Å². The molecule has 0 amide bonds. The SMILES string of the molecule is CCC(=O)OOOC(=O)CC. The summed E-state index contributed by atoms with van der Waals surface area (Å²) in [7, 11) is 0. The minimum absolute atomic E-state index is 0.170. The topological polar surface area (TPSA) is 61.8 Å². The summed E-state index contributed by atoms with van der Waals surface area (Å²) < 4.78 is 0. The van der Waals surface area contributed by atoms with Crippen LogP contribution in [0.4, 0.5) is 0 Å². The van der Waals surface area contributed by atoms with Crippen molar-refractivity contribution in [2.45, 2.75) is 26.7 Å². The van der Waals surface area contributed by atoms with E-state index in [4.69, 9.17) is 0 Å². The molecule has 0 rings (SSSR count). The Hall–Kier alpha value is -1.10. The van der Waals surface area contributed by atoms with Crippen LogP contribution in [0.25, 0.3) is 0 Å². The Morgan fingerprint density at radius 3 is 1.64 bits per heavy atom. The van der Waals surface area contributed by atoms with Gasteiger partial charge in [-0.25, -0.2) is 9.59 Å². The summed E-state index contributed by atoms with van der Waals surface area (Å²) in [4.78, 5) is 28.6. The average Bonchev–Trinajstić information content (AvgIpc) is 2.04. The van der Waals surface area contributed by atoms with E-state index in [0.29, 0.717) is 0 Å². The molecule has 0 radical (unpaired) electrons. The van der Waals surface area contributed by atoms with Crippen LogP contribution in [0.5, 0.6) is 0 Å². The van der Waals surface area contributed by atoms with Crippen LogP contribution in [0.3, 0.4) is 0 Å². The maximum Gasteiger partial charge on any atom is 0.346 e. The number of rotatable bonds is 4. The Labute approximate surface area is 64.1 Å². The lowest BCUT2D eigenvalue weighted by Crippen LogP contribution is -2.08. The van der Waals surface area contributed by atoms with E-state index in [1.165, 1.54) is 0 Å². The highest BCUT2D eigenvalue weighted by atomic mass is 17.5. The summed E-state index contributed by atoms with van der Waals surface area (Å²) >= 11 is 0. The first kappa shape index (κ1) is 9.90. The maximum absolute atomic E-state index is 10.3. The van der Waals surface area contributed by atoms with Gasteiger partial charge in [0, 0.05) is 17.9 Å². The van der Waals surface area contributed by atoms with Crippen molar-refractivity contribution in [1.82, 2.24) is 0 Å². The van der Waals surface area contributed by atoms with Crippen molar-refractivity contribution in [3.8, 4) is 0 Å². The molecule has 64 valence electrons. The lowest BCUT2D eigenvalue weighted by molar-refractivity contribution is -0.459. The Morgan fingerprint density at radius 1 is 1.00 bits per heavy atom. The van der Waals surface area contributed by atoms with Gasteiger partial charge >= 0.3 is 11.9 Å². The first-order chi connectivity index (χ1) is 5.20. The highest BCUT2D eigenvalue weighted by Crippen LogP contribution is 1.90. The van der Waals surface area contributed by atoms with E-state index in [0.717, 1.165) is 0 Å². The molecule has 0 N–H and O–H groups in total. The Morgan fingerprint density at radius 2 is 1.36 bits per heavy atom. The highest BCUT2D eigenvalue weighted by Gasteiger charge is 2.03. The number of carbonyl (C=O) groups is 2. The standard InChI is InChI=1S/C6H10O5/c1-3-5(7)9-11-10-6(8)4-2/h3-4H2,1-2H3. The van der Waals surface area contributed by atoms with Crippen LogP contribution in [-0.2, 0) is 24.4 Å².